The fourth-order valence-electron chi connectivity index (χ4n) is 3.41. The average Bonchev–Trinajstić information content (AvgIpc) is 2.86. The van der Waals surface area contributed by atoms with E-state index in [2.05, 4.69) is 56.3 Å². The largest absolute Gasteiger partial charge is 0.367 e. The normalized spacial score (nSPS) is 10.3. The Hall–Kier alpha value is -5.09. The van der Waals surface area contributed by atoms with Crippen LogP contribution in [0.25, 0.3) is 0 Å². The number of nitrogens with zero attached hydrogens (tertiary/aromatic N) is 8. The van der Waals surface area contributed by atoms with Crippen LogP contribution >= 0.6 is 11.6 Å². The molecule has 0 bridgehead atoms. The standard InChI is InChI=1S/C13H18N8O.C11H11ClN6O/c1-7-5-8(2)18-13(17-7)19-9-6-10(16-4-3-14)20-21-11(9)12(15)22;1-5-3-6(2)15-11(14-5)16-7-4-8(12)17-18-9(7)10(13)19/h5-6H,3-4,14H2,1-2H3,(H2,15,22)(H2,16,17,18,19,20);3-4H,1-2H3,(H2,13,19)(H,14,15,16,17). The molecule has 0 radical (unpaired) electrons. The number of hydrogen-bond acceptors (Lipinski definition) is 14. The van der Waals surface area contributed by atoms with Crippen molar-refractivity contribution in [1.82, 2.24) is 40.3 Å². The third kappa shape index (κ3) is 8.97. The number of carbonyl (C=O) groups is 2. The van der Waals surface area contributed by atoms with Crippen molar-refractivity contribution in [2.75, 3.05) is 29.0 Å². The molecular weight excluding hydrogens is 552 g/mol. The van der Waals surface area contributed by atoms with E-state index in [-0.39, 0.29) is 16.5 Å². The molecule has 41 heavy (non-hydrogen) atoms. The highest BCUT2D eigenvalue weighted by Gasteiger charge is 2.15. The van der Waals surface area contributed by atoms with Crippen LogP contribution in [-0.4, -0.2) is 65.2 Å². The highest BCUT2D eigenvalue weighted by atomic mass is 35.5. The zero-order valence-electron chi connectivity index (χ0n) is 22.7. The molecule has 0 unspecified atom stereocenters. The first-order valence-corrected chi connectivity index (χ1v) is 12.5. The monoisotopic (exact) mass is 580 g/mol. The summed E-state index contributed by atoms with van der Waals surface area (Å²) in [5.41, 5.74) is 19.8. The van der Waals surface area contributed by atoms with Gasteiger partial charge in [-0.1, -0.05) is 11.6 Å². The maximum absolute atomic E-state index is 11.5. The third-order valence-electron chi connectivity index (χ3n) is 4.93. The number of rotatable bonds is 9. The molecular formula is C24H29ClN14O2. The van der Waals surface area contributed by atoms with Crippen molar-refractivity contribution in [3.8, 4) is 0 Å². The van der Waals surface area contributed by atoms with Gasteiger partial charge in [0.2, 0.25) is 11.9 Å². The van der Waals surface area contributed by atoms with E-state index >= 15 is 0 Å². The smallest absolute Gasteiger partial charge is 0.271 e. The van der Waals surface area contributed by atoms with Crippen LogP contribution in [0, 0.1) is 27.7 Å². The van der Waals surface area contributed by atoms with E-state index in [1.165, 1.54) is 6.07 Å². The Morgan fingerprint density at radius 3 is 1.59 bits per heavy atom. The number of nitrogens with one attached hydrogen (secondary N) is 3. The molecule has 4 aromatic rings. The second kappa shape index (κ2) is 13.8. The summed E-state index contributed by atoms with van der Waals surface area (Å²) in [5, 5.41) is 23.9. The number of nitrogens with two attached hydrogens (primary N) is 3. The Morgan fingerprint density at radius 1 is 0.707 bits per heavy atom. The molecule has 0 aliphatic carbocycles. The summed E-state index contributed by atoms with van der Waals surface area (Å²) in [6.45, 7) is 8.37. The SMILES string of the molecule is Cc1cc(C)nc(Nc2cc(Cl)nnc2C(N)=O)n1.Cc1cc(C)nc(Nc2cc(NCCN)nnc2C(N)=O)n1. The molecule has 0 spiro atoms. The van der Waals surface area contributed by atoms with E-state index < -0.39 is 11.8 Å². The van der Waals surface area contributed by atoms with Gasteiger partial charge in [-0.3, -0.25) is 9.59 Å². The topological polar surface area (TPSA) is 251 Å². The lowest BCUT2D eigenvalue weighted by Gasteiger charge is -2.11. The Labute approximate surface area is 240 Å². The number of halogens is 1. The lowest BCUT2D eigenvalue weighted by molar-refractivity contribution is 0.0987. The number of aromatic nitrogens is 8. The van der Waals surface area contributed by atoms with Gasteiger partial charge in [-0.25, -0.2) is 19.9 Å². The molecule has 0 atom stereocenters. The van der Waals surface area contributed by atoms with Gasteiger partial charge < -0.3 is 33.2 Å². The van der Waals surface area contributed by atoms with E-state index in [0.29, 0.717) is 42.2 Å². The fourth-order valence-corrected chi connectivity index (χ4v) is 3.55. The molecule has 0 saturated heterocycles. The summed E-state index contributed by atoms with van der Waals surface area (Å²) >= 11 is 5.74. The number of carbonyl (C=O) groups excluding carboxylic acids is 2. The number of aryl methyl sites for hydroxylation is 4. The first-order chi connectivity index (χ1) is 19.4. The molecule has 16 nitrogen and oxygen atoms in total. The Balaban J connectivity index is 0.000000228. The van der Waals surface area contributed by atoms with Crippen LogP contribution in [0.2, 0.25) is 5.15 Å². The van der Waals surface area contributed by atoms with Gasteiger partial charge in [0, 0.05) is 48.0 Å². The van der Waals surface area contributed by atoms with E-state index in [1.807, 2.05) is 39.8 Å². The molecule has 0 aliphatic heterocycles. The predicted molar refractivity (Wildman–Crippen MR) is 153 cm³/mol. The summed E-state index contributed by atoms with van der Waals surface area (Å²) in [5.74, 6) is -0.232. The Morgan fingerprint density at radius 2 is 1.15 bits per heavy atom. The number of primary amides is 2. The Bertz CT molecular complexity index is 1530. The van der Waals surface area contributed by atoms with Crippen molar-refractivity contribution in [3.05, 3.63) is 63.6 Å². The van der Waals surface area contributed by atoms with E-state index in [0.717, 1.165) is 22.8 Å². The van der Waals surface area contributed by atoms with Gasteiger partial charge in [0.05, 0.1) is 11.4 Å². The minimum Gasteiger partial charge on any atom is -0.367 e. The van der Waals surface area contributed by atoms with Crippen LogP contribution in [0.1, 0.15) is 43.8 Å². The molecule has 0 saturated carbocycles. The van der Waals surface area contributed by atoms with E-state index in [1.54, 1.807) is 6.07 Å². The first kappa shape index (κ1) is 30.5. The van der Waals surface area contributed by atoms with Crippen molar-refractivity contribution >= 4 is 52.5 Å². The van der Waals surface area contributed by atoms with Crippen molar-refractivity contribution in [2.45, 2.75) is 27.7 Å². The molecule has 0 aliphatic rings. The minimum absolute atomic E-state index is 0.0149. The molecule has 2 amide bonds. The summed E-state index contributed by atoms with van der Waals surface area (Å²) in [4.78, 5) is 39.6. The summed E-state index contributed by atoms with van der Waals surface area (Å²) in [7, 11) is 0. The fraction of sp³-hybridized carbons (Fsp3) is 0.250. The van der Waals surface area contributed by atoms with Gasteiger partial charge in [0.25, 0.3) is 11.8 Å². The molecule has 4 rings (SSSR count). The molecule has 17 heteroatoms. The minimum atomic E-state index is -0.712. The summed E-state index contributed by atoms with van der Waals surface area (Å²) in [6, 6.07) is 6.73. The lowest BCUT2D eigenvalue weighted by atomic mass is 10.3. The van der Waals surface area contributed by atoms with Gasteiger partial charge >= 0.3 is 0 Å². The van der Waals surface area contributed by atoms with Crippen molar-refractivity contribution < 1.29 is 9.59 Å². The molecule has 214 valence electrons. The second-order valence-corrected chi connectivity index (χ2v) is 8.95. The van der Waals surface area contributed by atoms with Crippen molar-refractivity contribution in [1.29, 1.82) is 0 Å². The highest BCUT2D eigenvalue weighted by Crippen LogP contribution is 2.21. The van der Waals surface area contributed by atoms with Crippen molar-refractivity contribution in [2.24, 2.45) is 17.2 Å². The first-order valence-electron chi connectivity index (χ1n) is 12.1. The van der Waals surface area contributed by atoms with Crippen LogP contribution < -0.4 is 33.2 Å². The van der Waals surface area contributed by atoms with Gasteiger partial charge in [-0.05, 0) is 39.8 Å². The maximum Gasteiger partial charge on any atom is 0.271 e. The summed E-state index contributed by atoms with van der Waals surface area (Å²) < 4.78 is 0. The number of anilines is 5. The molecule has 9 N–H and O–H groups in total. The van der Waals surface area contributed by atoms with Gasteiger partial charge in [0.1, 0.15) is 0 Å². The third-order valence-corrected chi connectivity index (χ3v) is 5.12. The lowest BCUT2D eigenvalue weighted by Crippen LogP contribution is -2.19. The number of hydrogen-bond donors (Lipinski definition) is 6. The molecule has 4 aromatic heterocycles. The van der Waals surface area contributed by atoms with Crippen LogP contribution in [-0.2, 0) is 0 Å². The molecule has 0 aromatic carbocycles. The summed E-state index contributed by atoms with van der Waals surface area (Å²) in [6.07, 6.45) is 0. The molecule has 4 heterocycles. The Kier molecular flexibility index (Phi) is 10.3. The zero-order chi connectivity index (χ0) is 30.1. The quantitative estimate of drug-likeness (QED) is 0.164. The molecule has 0 fully saturated rings. The highest BCUT2D eigenvalue weighted by molar-refractivity contribution is 6.29. The van der Waals surface area contributed by atoms with Gasteiger partial charge in [0.15, 0.2) is 22.4 Å². The predicted octanol–water partition coefficient (Wildman–Crippen LogP) is 1.48. The van der Waals surface area contributed by atoms with E-state index in [4.69, 9.17) is 28.8 Å². The van der Waals surface area contributed by atoms with Crippen LogP contribution in [0.3, 0.4) is 0 Å². The van der Waals surface area contributed by atoms with Crippen LogP contribution in [0.15, 0.2) is 24.3 Å². The van der Waals surface area contributed by atoms with Crippen molar-refractivity contribution in [3.63, 3.8) is 0 Å². The second-order valence-electron chi connectivity index (χ2n) is 8.56. The van der Waals surface area contributed by atoms with Gasteiger partial charge in [-0.15, -0.1) is 20.4 Å². The van der Waals surface area contributed by atoms with Gasteiger partial charge in [-0.2, -0.15) is 0 Å². The zero-order valence-corrected chi connectivity index (χ0v) is 23.5. The van der Waals surface area contributed by atoms with Crippen LogP contribution in [0.5, 0.6) is 0 Å². The average molecular weight is 581 g/mol. The van der Waals surface area contributed by atoms with E-state index in [9.17, 15) is 9.59 Å². The van der Waals surface area contributed by atoms with Crippen LogP contribution in [0.4, 0.5) is 29.1 Å². The number of amides is 2. The maximum atomic E-state index is 11.5.